The van der Waals surface area contributed by atoms with Gasteiger partial charge in [-0.05, 0) is 39.0 Å². The van der Waals surface area contributed by atoms with Gasteiger partial charge in [0.05, 0.1) is 11.2 Å². The van der Waals surface area contributed by atoms with Crippen molar-refractivity contribution in [2.24, 2.45) is 0 Å². The number of nitrogens with two attached hydrogens (primary N) is 1. The molecule has 0 bridgehead atoms. The summed E-state index contributed by atoms with van der Waals surface area (Å²) in [6.07, 6.45) is 0. The molecule has 0 aliphatic rings. The van der Waals surface area contributed by atoms with Crippen LogP contribution in [0.5, 0.6) is 0 Å². The molecule has 5 nitrogen and oxygen atoms in total. The Bertz CT molecular complexity index is 470. The average molecular weight is 279 g/mol. The zero-order chi connectivity index (χ0) is 15.3. The van der Waals surface area contributed by atoms with E-state index in [0.29, 0.717) is 24.4 Å². The molecule has 3 N–H and O–H groups in total. The van der Waals surface area contributed by atoms with Gasteiger partial charge in [0, 0.05) is 38.6 Å². The van der Waals surface area contributed by atoms with Gasteiger partial charge in [-0.1, -0.05) is 0 Å². The smallest absolute Gasteiger partial charge is 0.255 e. The van der Waals surface area contributed by atoms with Crippen LogP contribution in [0.2, 0.25) is 0 Å². The molecule has 1 rings (SSSR count). The Labute approximate surface area is 121 Å². The first-order valence-electron chi connectivity index (χ1n) is 6.76. The number of nitrogens with one attached hydrogen (secondary N) is 1. The standard InChI is InChI=1S/C15H25N3O2/c1-6-20-15(2,3)10-17-13-9-11(16)7-8-12(13)14(19)18(4)5/h7-9,17H,6,10,16H2,1-5H3. The summed E-state index contributed by atoms with van der Waals surface area (Å²) in [7, 11) is 3.46. The van der Waals surface area contributed by atoms with Gasteiger partial charge in [-0.3, -0.25) is 4.79 Å². The molecule has 0 fully saturated rings. The number of nitrogen functional groups attached to an aromatic ring is 1. The van der Waals surface area contributed by atoms with Gasteiger partial charge >= 0.3 is 0 Å². The third kappa shape index (κ3) is 4.42. The first kappa shape index (κ1) is 16.3. The van der Waals surface area contributed by atoms with Crippen LogP contribution in [0, 0.1) is 0 Å². The number of carbonyl (C=O) groups excluding carboxylic acids is 1. The molecule has 0 aliphatic heterocycles. The van der Waals surface area contributed by atoms with Gasteiger partial charge in [-0.15, -0.1) is 0 Å². The van der Waals surface area contributed by atoms with Crippen molar-refractivity contribution < 1.29 is 9.53 Å². The van der Waals surface area contributed by atoms with Crippen molar-refractivity contribution in [2.45, 2.75) is 26.4 Å². The molecule has 0 heterocycles. The molecule has 1 aromatic rings. The van der Waals surface area contributed by atoms with Crippen molar-refractivity contribution >= 4 is 17.3 Å². The SMILES string of the molecule is CCOC(C)(C)CNc1cc(N)ccc1C(=O)N(C)C. The third-order valence-corrected chi connectivity index (χ3v) is 2.92. The summed E-state index contributed by atoms with van der Waals surface area (Å²) >= 11 is 0. The molecule has 0 aromatic heterocycles. The molecule has 0 radical (unpaired) electrons. The molecule has 0 spiro atoms. The Balaban J connectivity index is 2.93. The van der Waals surface area contributed by atoms with Gasteiger partial charge in [-0.25, -0.2) is 0 Å². The molecule has 0 unspecified atom stereocenters. The van der Waals surface area contributed by atoms with E-state index in [4.69, 9.17) is 10.5 Å². The first-order valence-corrected chi connectivity index (χ1v) is 6.76. The minimum Gasteiger partial charge on any atom is -0.399 e. The van der Waals surface area contributed by atoms with Crippen molar-refractivity contribution in [1.29, 1.82) is 0 Å². The number of rotatable bonds is 6. The highest BCUT2D eigenvalue weighted by Gasteiger charge is 2.19. The monoisotopic (exact) mass is 279 g/mol. The summed E-state index contributed by atoms with van der Waals surface area (Å²) in [5.41, 5.74) is 7.46. The Morgan fingerprint density at radius 2 is 2.05 bits per heavy atom. The Morgan fingerprint density at radius 3 is 2.60 bits per heavy atom. The van der Waals surface area contributed by atoms with Crippen LogP contribution in [0.15, 0.2) is 18.2 Å². The number of ether oxygens (including phenoxy) is 1. The topological polar surface area (TPSA) is 67.6 Å². The second kappa shape index (κ2) is 6.61. The lowest BCUT2D eigenvalue weighted by atomic mass is 10.1. The average Bonchev–Trinajstić information content (AvgIpc) is 2.35. The van der Waals surface area contributed by atoms with Crippen LogP contribution in [-0.2, 0) is 4.74 Å². The summed E-state index contributed by atoms with van der Waals surface area (Å²) in [6, 6.07) is 5.25. The largest absolute Gasteiger partial charge is 0.399 e. The quantitative estimate of drug-likeness (QED) is 0.783. The molecular weight excluding hydrogens is 254 g/mol. The van der Waals surface area contributed by atoms with E-state index in [1.807, 2.05) is 20.8 Å². The Kier molecular flexibility index (Phi) is 5.39. The van der Waals surface area contributed by atoms with E-state index in [0.717, 1.165) is 5.69 Å². The zero-order valence-corrected chi connectivity index (χ0v) is 13.0. The summed E-state index contributed by atoms with van der Waals surface area (Å²) in [6.45, 7) is 7.21. The number of carbonyl (C=O) groups is 1. The number of hydrogen-bond acceptors (Lipinski definition) is 4. The van der Waals surface area contributed by atoms with Crippen LogP contribution in [0.3, 0.4) is 0 Å². The number of anilines is 2. The van der Waals surface area contributed by atoms with Crippen LogP contribution in [0.25, 0.3) is 0 Å². The lowest BCUT2D eigenvalue weighted by molar-refractivity contribution is 0.000673. The summed E-state index contributed by atoms with van der Waals surface area (Å²) in [4.78, 5) is 13.7. The molecule has 1 aromatic carbocycles. The van der Waals surface area contributed by atoms with E-state index in [1.54, 1.807) is 37.2 Å². The number of nitrogens with zero attached hydrogens (tertiary/aromatic N) is 1. The molecular formula is C15H25N3O2. The number of benzene rings is 1. The maximum atomic E-state index is 12.1. The Hall–Kier alpha value is -1.75. The third-order valence-electron chi connectivity index (χ3n) is 2.92. The van der Waals surface area contributed by atoms with E-state index in [2.05, 4.69) is 5.32 Å². The molecule has 5 heteroatoms. The van der Waals surface area contributed by atoms with Gasteiger partial charge in [0.25, 0.3) is 5.91 Å². The predicted molar refractivity (Wildman–Crippen MR) is 83.1 cm³/mol. The maximum absolute atomic E-state index is 12.1. The van der Waals surface area contributed by atoms with Crippen molar-refractivity contribution in [1.82, 2.24) is 4.90 Å². The second-order valence-electron chi connectivity index (χ2n) is 5.55. The van der Waals surface area contributed by atoms with Crippen molar-refractivity contribution in [3.63, 3.8) is 0 Å². The lowest BCUT2D eigenvalue weighted by Crippen LogP contribution is -2.34. The van der Waals surface area contributed by atoms with Gasteiger partial charge in [-0.2, -0.15) is 0 Å². The highest BCUT2D eigenvalue weighted by atomic mass is 16.5. The molecule has 1 amide bonds. The van der Waals surface area contributed by atoms with E-state index >= 15 is 0 Å². The van der Waals surface area contributed by atoms with Gasteiger partial charge in [0.2, 0.25) is 0 Å². The molecule has 112 valence electrons. The molecule has 0 saturated carbocycles. The van der Waals surface area contributed by atoms with Gasteiger partial charge in [0.15, 0.2) is 0 Å². The van der Waals surface area contributed by atoms with Crippen LogP contribution in [0.1, 0.15) is 31.1 Å². The van der Waals surface area contributed by atoms with Crippen molar-refractivity contribution in [3.05, 3.63) is 23.8 Å². The predicted octanol–water partition coefficient (Wildman–Crippen LogP) is 2.20. The first-order chi connectivity index (χ1) is 9.26. The fourth-order valence-corrected chi connectivity index (χ4v) is 1.89. The normalized spacial score (nSPS) is 11.2. The molecule has 0 atom stereocenters. The zero-order valence-electron chi connectivity index (χ0n) is 13.0. The van der Waals surface area contributed by atoms with E-state index in [1.165, 1.54) is 0 Å². The molecule has 0 saturated heterocycles. The van der Waals surface area contributed by atoms with Crippen molar-refractivity contribution in [3.8, 4) is 0 Å². The number of amides is 1. The van der Waals surface area contributed by atoms with Crippen LogP contribution >= 0.6 is 0 Å². The second-order valence-corrected chi connectivity index (χ2v) is 5.55. The Morgan fingerprint density at radius 1 is 1.40 bits per heavy atom. The summed E-state index contributed by atoms with van der Waals surface area (Å²) in [5, 5.41) is 3.26. The van der Waals surface area contributed by atoms with Gasteiger partial charge < -0.3 is 20.7 Å². The van der Waals surface area contributed by atoms with Crippen LogP contribution in [0.4, 0.5) is 11.4 Å². The fraction of sp³-hybridized carbons (Fsp3) is 0.533. The van der Waals surface area contributed by atoms with Gasteiger partial charge in [0.1, 0.15) is 0 Å². The highest BCUT2D eigenvalue weighted by molar-refractivity contribution is 6.00. The summed E-state index contributed by atoms with van der Waals surface area (Å²) in [5.74, 6) is -0.0540. The van der Waals surface area contributed by atoms with Crippen LogP contribution in [-0.4, -0.2) is 43.7 Å². The lowest BCUT2D eigenvalue weighted by Gasteiger charge is -2.26. The minimum absolute atomic E-state index is 0.0540. The maximum Gasteiger partial charge on any atom is 0.255 e. The van der Waals surface area contributed by atoms with E-state index < -0.39 is 0 Å². The van der Waals surface area contributed by atoms with Crippen LogP contribution < -0.4 is 11.1 Å². The van der Waals surface area contributed by atoms with E-state index in [9.17, 15) is 4.79 Å². The van der Waals surface area contributed by atoms with Crippen molar-refractivity contribution in [2.75, 3.05) is 38.3 Å². The molecule has 0 aliphatic carbocycles. The molecule has 20 heavy (non-hydrogen) atoms. The van der Waals surface area contributed by atoms with E-state index in [-0.39, 0.29) is 11.5 Å². The summed E-state index contributed by atoms with van der Waals surface area (Å²) < 4.78 is 5.64. The number of hydrogen-bond donors (Lipinski definition) is 2. The highest BCUT2D eigenvalue weighted by Crippen LogP contribution is 2.22. The minimum atomic E-state index is -0.308. The fourth-order valence-electron chi connectivity index (χ4n) is 1.89.